The van der Waals surface area contributed by atoms with Crippen LogP contribution in [0.4, 0.5) is 0 Å². The molecule has 0 aliphatic carbocycles. The summed E-state index contributed by atoms with van der Waals surface area (Å²) in [6.45, 7) is 2.25. The van der Waals surface area contributed by atoms with Gasteiger partial charge in [0.05, 0.1) is 7.11 Å². The maximum Gasteiger partial charge on any atom is 0.325 e. The lowest BCUT2D eigenvalue weighted by molar-refractivity contribution is -0.146. The van der Waals surface area contributed by atoms with E-state index in [2.05, 4.69) is 59.5 Å². The number of rotatable bonds is 5. The minimum absolute atomic E-state index is 0.252. The molecule has 1 atom stereocenters. The molecule has 0 saturated carbocycles. The first-order valence-electron chi connectivity index (χ1n) is 4.45. The summed E-state index contributed by atoms with van der Waals surface area (Å²) in [5.41, 5.74) is 10.0. The van der Waals surface area contributed by atoms with Crippen LogP contribution in [-0.4, -0.2) is 30.3 Å². The normalized spacial score (nSPS) is 12.8. The Hall–Kier alpha value is 0.580. The number of thiocarbonyl (C=S) groups is 1. The lowest BCUT2D eigenvalue weighted by atomic mass is 9.97. The van der Waals surface area contributed by atoms with Gasteiger partial charge in [0.2, 0.25) is 0 Å². The van der Waals surface area contributed by atoms with Crippen molar-refractivity contribution in [1.29, 1.82) is 0 Å². The number of esters is 1. The largest absolute Gasteiger partial charge is 0.468 e. The van der Waals surface area contributed by atoms with Gasteiger partial charge >= 0.3 is 5.97 Å². The van der Waals surface area contributed by atoms with Crippen LogP contribution in [-0.2, 0) is 9.53 Å². The number of hydrogen-bond acceptors (Lipinski definition) is 4. The van der Waals surface area contributed by atoms with Crippen LogP contribution < -0.4 is 16.8 Å². The Balaban J connectivity index is 0. The number of halogens is 2. The van der Waals surface area contributed by atoms with E-state index in [9.17, 15) is 4.79 Å². The first-order valence-corrected chi connectivity index (χ1v) is 11.1. The number of ether oxygens (including phenoxy) is 1. The molecular weight excluding hydrogens is 456 g/mol. The third-order valence-electron chi connectivity index (χ3n) is 1.82. The van der Waals surface area contributed by atoms with Gasteiger partial charge in [-0.15, -0.1) is 0 Å². The molecule has 0 amide bonds. The Labute approximate surface area is 125 Å². The van der Waals surface area contributed by atoms with Crippen LogP contribution in [0.25, 0.3) is 0 Å². The molecule has 1 unspecified atom stereocenters. The summed E-state index contributed by atoms with van der Waals surface area (Å²) in [4.78, 5) is 11.1. The van der Waals surface area contributed by atoms with Crippen LogP contribution in [0.1, 0.15) is 19.8 Å². The molecule has 0 saturated heterocycles. The zero-order chi connectivity index (χ0) is 13.2. The number of carbonyl (C=O) groups is 1. The van der Waals surface area contributed by atoms with Gasteiger partial charge in [-0.3, -0.25) is 4.79 Å². The molecule has 0 fully saturated rings. The quantitative estimate of drug-likeness (QED) is 0.241. The Bertz CT molecular complexity index is 227. The lowest BCUT2D eigenvalue weighted by Gasteiger charge is -2.21. The van der Waals surface area contributed by atoms with E-state index in [1.165, 1.54) is 7.11 Å². The summed E-state index contributed by atoms with van der Waals surface area (Å²) in [7, 11) is 1.32. The second kappa shape index (κ2) is 10.7. The zero-order valence-corrected chi connectivity index (χ0v) is 14.4. The van der Waals surface area contributed by atoms with E-state index in [1.54, 1.807) is 6.92 Å². The molecule has 0 rings (SSSR count). The standard InChI is InChI=1S/C8H17N3O2S.I2/c1-8(10,6(12)13-2)4-3-5-11-7(9)14;1-2/h3-5,10H2,1-2H3,(H3,9,11,14);. The van der Waals surface area contributed by atoms with E-state index in [-0.39, 0.29) is 5.11 Å². The summed E-state index contributed by atoms with van der Waals surface area (Å²) in [5, 5.41) is 3.03. The highest BCUT2D eigenvalue weighted by Crippen LogP contribution is 2.09. The second-order valence-corrected chi connectivity index (χ2v) is 3.74. The predicted octanol–water partition coefficient (Wildman–Crippen LogP) is 1.26. The van der Waals surface area contributed by atoms with E-state index < -0.39 is 11.5 Å². The van der Waals surface area contributed by atoms with Gasteiger partial charge in [-0.1, -0.05) is 0 Å². The topological polar surface area (TPSA) is 90.4 Å². The molecule has 8 heteroatoms. The monoisotopic (exact) mass is 473 g/mol. The fourth-order valence-corrected chi connectivity index (χ4v) is 1.10. The van der Waals surface area contributed by atoms with Gasteiger partial charge < -0.3 is 21.5 Å². The fourth-order valence-electron chi connectivity index (χ4n) is 1.00. The minimum Gasteiger partial charge on any atom is -0.468 e. The van der Waals surface area contributed by atoms with Gasteiger partial charge in [0.25, 0.3) is 0 Å². The molecule has 0 aromatic carbocycles. The number of nitrogens with two attached hydrogens (primary N) is 2. The number of hydrogen-bond donors (Lipinski definition) is 3. The average molecular weight is 473 g/mol. The van der Waals surface area contributed by atoms with Crippen LogP contribution in [0.5, 0.6) is 0 Å². The number of carbonyl (C=O) groups excluding carboxylic acids is 1. The first kappa shape index (κ1) is 18.9. The summed E-state index contributed by atoms with van der Waals surface area (Å²) < 4.78 is 4.56. The summed E-state index contributed by atoms with van der Waals surface area (Å²) in [5.74, 6) is -0.409. The maximum atomic E-state index is 11.1. The van der Waals surface area contributed by atoms with Gasteiger partial charge in [0.15, 0.2) is 5.11 Å². The Morgan fingerprint density at radius 3 is 2.44 bits per heavy atom. The predicted molar refractivity (Wildman–Crippen MR) is 86.7 cm³/mol. The van der Waals surface area contributed by atoms with Crippen molar-refractivity contribution < 1.29 is 9.53 Å². The molecule has 96 valence electrons. The van der Waals surface area contributed by atoms with E-state index >= 15 is 0 Å². The summed E-state index contributed by atoms with van der Waals surface area (Å²) >= 11 is 8.86. The van der Waals surface area contributed by atoms with Gasteiger partial charge in [-0.05, 0) is 32.0 Å². The summed E-state index contributed by atoms with van der Waals surface area (Å²) in [6.07, 6.45) is 1.23. The second-order valence-electron chi connectivity index (χ2n) is 3.30. The molecule has 5 nitrogen and oxygen atoms in total. The molecule has 0 spiro atoms. The molecule has 16 heavy (non-hydrogen) atoms. The van der Waals surface area contributed by atoms with E-state index in [0.29, 0.717) is 19.4 Å². The Morgan fingerprint density at radius 2 is 2.06 bits per heavy atom. The first-order chi connectivity index (χ1) is 7.40. The smallest absolute Gasteiger partial charge is 0.325 e. The minimum atomic E-state index is -0.938. The third kappa shape index (κ3) is 9.78. The van der Waals surface area contributed by atoms with Crippen molar-refractivity contribution in [2.45, 2.75) is 25.3 Å². The molecule has 0 aliphatic rings. The van der Waals surface area contributed by atoms with Gasteiger partial charge in [0.1, 0.15) is 5.54 Å². The van der Waals surface area contributed by atoms with Crippen LogP contribution in [0, 0.1) is 0 Å². The molecule has 5 N–H and O–H groups in total. The Kier molecular flexibility index (Phi) is 12.7. The van der Waals surface area contributed by atoms with Crippen molar-refractivity contribution in [3.63, 3.8) is 0 Å². The van der Waals surface area contributed by atoms with Gasteiger partial charge in [0, 0.05) is 43.8 Å². The Morgan fingerprint density at radius 1 is 1.56 bits per heavy atom. The van der Waals surface area contributed by atoms with Crippen LogP contribution in [0.15, 0.2) is 0 Å². The third-order valence-corrected chi connectivity index (χ3v) is 1.97. The highest BCUT2D eigenvalue weighted by Gasteiger charge is 2.28. The molecular formula is C8H17I2N3O2S. The van der Waals surface area contributed by atoms with Crippen molar-refractivity contribution in [3.8, 4) is 0 Å². The molecule has 0 heterocycles. The zero-order valence-electron chi connectivity index (χ0n) is 9.26. The van der Waals surface area contributed by atoms with Crippen LogP contribution in [0.3, 0.4) is 0 Å². The number of methoxy groups -OCH3 is 1. The van der Waals surface area contributed by atoms with Crippen molar-refractivity contribution in [2.24, 2.45) is 11.5 Å². The highest BCUT2D eigenvalue weighted by molar-refractivity contribution is 15.0. The van der Waals surface area contributed by atoms with Gasteiger partial charge in [-0.2, -0.15) is 0 Å². The molecule has 0 aliphatic heterocycles. The summed E-state index contributed by atoms with van der Waals surface area (Å²) in [6, 6.07) is 0. The maximum absolute atomic E-state index is 11.1. The molecule has 0 bridgehead atoms. The molecule has 0 aromatic rings. The van der Waals surface area contributed by atoms with Crippen LogP contribution in [0.2, 0.25) is 0 Å². The molecule has 0 radical (unpaired) electrons. The number of nitrogens with one attached hydrogen (secondary N) is 1. The van der Waals surface area contributed by atoms with Crippen molar-refractivity contribution in [1.82, 2.24) is 5.32 Å². The SMILES string of the molecule is COC(=O)C(C)(N)CCCNC(N)=S.II. The average Bonchev–Trinajstić information content (AvgIpc) is 2.25. The lowest BCUT2D eigenvalue weighted by Crippen LogP contribution is -2.46. The van der Waals surface area contributed by atoms with E-state index in [1.807, 2.05) is 0 Å². The van der Waals surface area contributed by atoms with Crippen molar-refractivity contribution in [3.05, 3.63) is 0 Å². The van der Waals surface area contributed by atoms with E-state index in [4.69, 9.17) is 11.5 Å². The fraction of sp³-hybridized carbons (Fsp3) is 0.750. The van der Waals surface area contributed by atoms with Crippen LogP contribution >= 0.6 is 49.4 Å². The van der Waals surface area contributed by atoms with E-state index in [0.717, 1.165) is 0 Å². The van der Waals surface area contributed by atoms with Crippen molar-refractivity contribution >= 4 is 60.5 Å². The molecule has 0 aromatic heterocycles. The van der Waals surface area contributed by atoms with Gasteiger partial charge in [-0.25, -0.2) is 0 Å². The van der Waals surface area contributed by atoms with Crippen molar-refractivity contribution in [2.75, 3.05) is 13.7 Å². The highest BCUT2D eigenvalue weighted by atomic mass is 128.